The lowest BCUT2D eigenvalue weighted by atomic mass is 9.88. The van der Waals surface area contributed by atoms with Crippen LogP contribution in [0.5, 0.6) is 0 Å². The lowest BCUT2D eigenvalue weighted by Gasteiger charge is -2.30. The van der Waals surface area contributed by atoms with Crippen molar-refractivity contribution in [2.24, 2.45) is 17.8 Å². The predicted molar refractivity (Wildman–Crippen MR) is 68.0 cm³/mol. The van der Waals surface area contributed by atoms with Crippen LogP contribution in [0.3, 0.4) is 0 Å². The molecule has 4 heteroatoms. The van der Waals surface area contributed by atoms with Crippen molar-refractivity contribution in [3.05, 3.63) is 29.6 Å². The molecule has 5 atom stereocenters. The van der Waals surface area contributed by atoms with Crippen LogP contribution in [0.4, 0.5) is 10.1 Å². The van der Waals surface area contributed by atoms with Gasteiger partial charge in [0.05, 0.1) is 29.5 Å². The molecule has 1 aliphatic heterocycles. The van der Waals surface area contributed by atoms with Gasteiger partial charge in [0.15, 0.2) is 0 Å². The van der Waals surface area contributed by atoms with Gasteiger partial charge in [0.25, 0.3) is 0 Å². The minimum Gasteiger partial charge on any atom is -0.391 e. The lowest BCUT2D eigenvalue weighted by molar-refractivity contribution is 0.0965. The van der Waals surface area contributed by atoms with Gasteiger partial charge < -0.3 is 10.0 Å². The van der Waals surface area contributed by atoms with Crippen LogP contribution in [-0.4, -0.2) is 23.8 Å². The first kappa shape index (κ1) is 11.2. The average molecular weight is 258 g/mol. The van der Waals surface area contributed by atoms with Gasteiger partial charge in [0, 0.05) is 6.54 Å². The second-order valence-corrected chi connectivity index (χ2v) is 6.07. The van der Waals surface area contributed by atoms with Crippen LogP contribution in [0.1, 0.15) is 18.4 Å². The fourth-order valence-electron chi connectivity index (χ4n) is 4.50. The van der Waals surface area contributed by atoms with Crippen molar-refractivity contribution in [1.29, 1.82) is 5.26 Å². The number of anilines is 1. The molecule has 1 N–H and O–H groups in total. The number of halogens is 1. The van der Waals surface area contributed by atoms with E-state index in [1.165, 1.54) is 6.07 Å². The number of fused-ring (bicyclic) bond motifs is 1. The molecule has 0 amide bonds. The molecule has 0 spiro atoms. The third-order valence-corrected chi connectivity index (χ3v) is 5.23. The smallest absolute Gasteiger partial charge is 0.147 e. The Labute approximate surface area is 111 Å². The second-order valence-electron chi connectivity index (χ2n) is 6.07. The summed E-state index contributed by atoms with van der Waals surface area (Å²) in [6.07, 6.45) is 1.85. The summed E-state index contributed by atoms with van der Waals surface area (Å²) in [6, 6.07) is 6.64. The minimum absolute atomic E-state index is 0.0752. The van der Waals surface area contributed by atoms with Crippen LogP contribution in [0.2, 0.25) is 0 Å². The number of benzene rings is 1. The summed E-state index contributed by atoms with van der Waals surface area (Å²) in [7, 11) is 0. The van der Waals surface area contributed by atoms with E-state index < -0.39 is 0 Å². The van der Waals surface area contributed by atoms with Crippen LogP contribution < -0.4 is 4.90 Å². The van der Waals surface area contributed by atoms with Gasteiger partial charge in [-0.05, 0) is 48.8 Å². The van der Waals surface area contributed by atoms with Crippen molar-refractivity contribution in [3.8, 4) is 6.07 Å². The maximum atomic E-state index is 14.1. The van der Waals surface area contributed by atoms with Crippen LogP contribution in [0, 0.1) is 34.9 Å². The van der Waals surface area contributed by atoms with Gasteiger partial charge in [0.1, 0.15) is 5.82 Å². The van der Waals surface area contributed by atoms with E-state index in [9.17, 15) is 9.50 Å². The first-order valence-corrected chi connectivity index (χ1v) is 6.83. The number of hydrogen-bond acceptors (Lipinski definition) is 3. The standard InChI is InChI=1S/C15H15FN2O/c16-12-3-8(6-17)1-2-13(12)18-7-10-4-9-5-11(10)14(18)15(9)19/h1-3,9-11,14-15,19H,4-5,7H2/t9-,10-,11+,14+,15+/m0/s1. The number of aliphatic hydroxyl groups is 1. The van der Waals surface area contributed by atoms with Crippen molar-refractivity contribution >= 4 is 5.69 Å². The van der Waals surface area contributed by atoms with Gasteiger partial charge in [-0.3, -0.25) is 0 Å². The zero-order chi connectivity index (χ0) is 13.1. The molecular weight excluding hydrogens is 243 g/mol. The van der Waals surface area contributed by atoms with Crippen LogP contribution in [0.25, 0.3) is 0 Å². The molecule has 3 aliphatic rings. The molecule has 0 unspecified atom stereocenters. The summed E-state index contributed by atoms with van der Waals surface area (Å²) >= 11 is 0. The molecular formula is C15H15FN2O. The number of rotatable bonds is 1. The van der Waals surface area contributed by atoms with E-state index in [0.717, 1.165) is 19.4 Å². The van der Waals surface area contributed by atoms with E-state index in [2.05, 4.69) is 0 Å². The van der Waals surface area contributed by atoms with E-state index >= 15 is 0 Å². The molecule has 98 valence electrons. The number of nitrogens with zero attached hydrogens (tertiary/aromatic N) is 2. The molecule has 1 aromatic carbocycles. The van der Waals surface area contributed by atoms with E-state index in [-0.39, 0.29) is 18.0 Å². The van der Waals surface area contributed by atoms with Crippen LogP contribution >= 0.6 is 0 Å². The van der Waals surface area contributed by atoms with Gasteiger partial charge >= 0.3 is 0 Å². The molecule has 1 saturated heterocycles. The van der Waals surface area contributed by atoms with Gasteiger partial charge in [-0.25, -0.2) is 4.39 Å². The Kier molecular flexibility index (Phi) is 2.19. The third-order valence-electron chi connectivity index (χ3n) is 5.23. The molecule has 1 heterocycles. The van der Waals surface area contributed by atoms with E-state index in [1.54, 1.807) is 12.1 Å². The van der Waals surface area contributed by atoms with Gasteiger partial charge in [-0.15, -0.1) is 0 Å². The minimum atomic E-state index is -0.351. The van der Waals surface area contributed by atoms with Gasteiger partial charge in [-0.1, -0.05) is 0 Å². The molecule has 2 bridgehead atoms. The second kappa shape index (κ2) is 3.71. The number of hydrogen-bond donors (Lipinski definition) is 1. The highest BCUT2D eigenvalue weighted by Crippen LogP contribution is 2.55. The van der Waals surface area contributed by atoms with E-state index in [0.29, 0.717) is 29.0 Å². The average Bonchev–Trinajstić information content (AvgIpc) is 3.00. The topological polar surface area (TPSA) is 47.3 Å². The largest absolute Gasteiger partial charge is 0.391 e. The normalized spacial score (nSPS) is 38.8. The van der Waals surface area contributed by atoms with E-state index in [4.69, 9.17) is 5.26 Å². The highest BCUT2D eigenvalue weighted by Gasteiger charge is 2.59. The summed E-state index contributed by atoms with van der Waals surface area (Å²) < 4.78 is 14.1. The summed E-state index contributed by atoms with van der Waals surface area (Å²) in [5, 5.41) is 19.1. The van der Waals surface area contributed by atoms with Crippen molar-refractivity contribution in [3.63, 3.8) is 0 Å². The molecule has 19 heavy (non-hydrogen) atoms. The van der Waals surface area contributed by atoms with Crippen molar-refractivity contribution in [2.75, 3.05) is 11.4 Å². The van der Waals surface area contributed by atoms with Crippen LogP contribution in [0.15, 0.2) is 18.2 Å². The molecule has 1 aromatic rings. The summed E-state index contributed by atoms with van der Waals surface area (Å²) in [5.74, 6) is 1.19. The Bertz CT molecular complexity index is 580. The highest BCUT2D eigenvalue weighted by atomic mass is 19.1. The molecule has 3 nitrogen and oxygen atoms in total. The Balaban J connectivity index is 1.73. The Morgan fingerprint density at radius 1 is 1.32 bits per heavy atom. The number of aliphatic hydroxyl groups excluding tert-OH is 1. The fourth-order valence-corrected chi connectivity index (χ4v) is 4.50. The van der Waals surface area contributed by atoms with Crippen molar-refractivity contribution in [2.45, 2.75) is 25.0 Å². The van der Waals surface area contributed by atoms with Gasteiger partial charge in [-0.2, -0.15) is 5.26 Å². The molecule has 3 fully saturated rings. The number of nitriles is 1. The van der Waals surface area contributed by atoms with Gasteiger partial charge in [0.2, 0.25) is 0 Å². The molecule has 2 aliphatic carbocycles. The SMILES string of the molecule is N#Cc1ccc(N2C[C@@H]3C[C@H]4C[C@H]3[C@@H]2[C@@H]4O)c(F)c1. The predicted octanol–water partition coefficient (Wildman–Crippen LogP) is 1.90. The Morgan fingerprint density at radius 3 is 2.84 bits per heavy atom. The summed E-state index contributed by atoms with van der Waals surface area (Å²) in [6.45, 7) is 0.839. The molecule has 0 aromatic heterocycles. The molecule has 0 radical (unpaired) electrons. The monoisotopic (exact) mass is 258 g/mol. The van der Waals surface area contributed by atoms with Crippen molar-refractivity contribution < 1.29 is 9.50 Å². The highest BCUT2D eigenvalue weighted by molar-refractivity contribution is 5.54. The summed E-state index contributed by atoms with van der Waals surface area (Å²) in [4.78, 5) is 2.03. The van der Waals surface area contributed by atoms with Crippen molar-refractivity contribution in [1.82, 2.24) is 0 Å². The zero-order valence-electron chi connectivity index (χ0n) is 10.5. The first-order chi connectivity index (χ1) is 9.19. The first-order valence-electron chi connectivity index (χ1n) is 6.83. The zero-order valence-corrected chi connectivity index (χ0v) is 10.5. The maximum Gasteiger partial charge on any atom is 0.147 e. The van der Waals surface area contributed by atoms with Crippen LogP contribution in [-0.2, 0) is 0 Å². The Morgan fingerprint density at radius 2 is 2.16 bits per heavy atom. The maximum absolute atomic E-state index is 14.1. The van der Waals surface area contributed by atoms with E-state index in [1.807, 2.05) is 11.0 Å². The fraction of sp³-hybridized carbons (Fsp3) is 0.533. The summed E-state index contributed by atoms with van der Waals surface area (Å²) in [5.41, 5.74) is 0.881. The third kappa shape index (κ3) is 1.39. The lowest BCUT2D eigenvalue weighted by Crippen LogP contribution is -2.41. The molecule has 4 rings (SSSR count). The molecule has 2 saturated carbocycles. The quantitative estimate of drug-likeness (QED) is 0.837. The Hall–Kier alpha value is -1.60.